The Labute approximate surface area is 110 Å². The van der Waals surface area contributed by atoms with Gasteiger partial charge in [0.15, 0.2) is 0 Å². The van der Waals surface area contributed by atoms with Gasteiger partial charge in [0.1, 0.15) is 6.07 Å². The number of halogens is 1. The standard InChI is InChI=1S/C12H15BrN2O2/c1-16-8-11(17-2)7-15-10-4-3-9(6-14)12(13)5-10/h3-5,11,15H,7-8H2,1-2H3. The Hall–Kier alpha value is -1.09. The van der Waals surface area contributed by atoms with E-state index in [-0.39, 0.29) is 6.10 Å². The maximum Gasteiger partial charge on any atom is 0.100 e. The summed E-state index contributed by atoms with van der Waals surface area (Å²) >= 11 is 3.34. The molecular formula is C12H15BrN2O2. The number of rotatable bonds is 6. The maximum atomic E-state index is 8.80. The fourth-order valence-electron chi connectivity index (χ4n) is 1.34. The van der Waals surface area contributed by atoms with E-state index in [4.69, 9.17) is 14.7 Å². The van der Waals surface area contributed by atoms with Crippen LogP contribution in [-0.2, 0) is 9.47 Å². The Kier molecular flexibility index (Phi) is 5.98. The Bertz CT molecular complexity index is 404. The molecule has 0 heterocycles. The fraction of sp³-hybridized carbons (Fsp3) is 0.417. The number of nitrogens with zero attached hydrogens (tertiary/aromatic N) is 1. The second-order valence-electron chi connectivity index (χ2n) is 3.50. The van der Waals surface area contributed by atoms with Gasteiger partial charge in [-0.3, -0.25) is 0 Å². The first-order valence-electron chi connectivity index (χ1n) is 5.16. The second-order valence-corrected chi connectivity index (χ2v) is 4.35. The van der Waals surface area contributed by atoms with Crippen molar-refractivity contribution >= 4 is 21.6 Å². The first-order valence-corrected chi connectivity index (χ1v) is 5.95. The minimum atomic E-state index is 0.00872. The van der Waals surface area contributed by atoms with Gasteiger partial charge in [-0.25, -0.2) is 0 Å². The molecule has 0 aliphatic rings. The SMILES string of the molecule is COCC(CNc1ccc(C#N)c(Br)c1)OC. The van der Waals surface area contributed by atoms with Crippen molar-refractivity contribution < 1.29 is 9.47 Å². The van der Waals surface area contributed by atoms with Crippen LogP contribution in [-0.4, -0.2) is 33.5 Å². The van der Waals surface area contributed by atoms with Gasteiger partial charge in [-0.1, -0.05) is 0 Å². The average molecular weight is 299 g/mol. The van der Waals surface area contributed by atoms with Gasteiger partial charge in [-0.15, -0.1) is 0 Å². The Morgan fingerprint density at radius 3 is 2.76 bits per heavy atom. The molecule has 5 heteroatoms. The van der Waals surface area contributed by atoms with Crippen LogP contribution in [0, 0.1) is 11.3 Å². The molecule has 1 atom stereocenters. The monoisotopic (exact) mass is 298 g/mol. The first kappa shape index (κ1) is 14.0. The van der Waals surface area contributed by atoms with Crippen LogP contribution in [0.2, 0.25) is 0 Å². The molecular weight excluding hydrogens is 284 g/mol. The molecule has 92 valence electrons. The van der Waals surface area contributed by atoms with Crippen molar-refractivity contribution in [1.82, 2.24) is 0 Å². The highest BCUT2D eigenvalue weighted by molar-refractivity contribution is 9.10. The largest absolute Gasteiger partial charge is 0.382 e. The number of hydrogen-bond acceptors (Lipinski definition) is 4. The highest BCUT2D eigenvalue weighted by atomic mass is 79.9. The van der Waals surface area contributed by atoms with E-state index in [0.717, 1.165) is 10.2 Å². The number of hydrogen-bond donors (Lipinski definition) is 1. The summed E-state index contributed by atoms with van der Waals surface area (Å²) in [4.78, 5) is 0. The van der Waals surface area contributed by atoms with Gasteiger partial charge >= 0.3 is 0 Å². The van der Waals surface area contributed by atoms with Crippen LogP contribution in [0.4, 0.5) is 5.69 Å². The molecule has 0 bridgehead atoms. The highest BCUT2D eigenvalue weighted by Gasteiger charge is 2.07. The van der Waals surface area contributed by atoms with Gasteiger partial charge in [0.2, 0.25) is 0 Å². The molecule has 0 aromatic heterocycles. The van der Waals surface area contributed by atoms with E-state index in [1.165, 1.54) is 0 Å². The molecule has 0 radical (unpaired) electrons. The number of benzene rings is 1. The summed E-state index contributed by atoms with van der Waals surface area (Å²) in [6.45, 7) is 1.20. The second kappa shape index (κ2) is 7.28. The number of ether oxygens (including phenoxy) is 2. The molecule has 0 fully saturated rings. The molecule has 1 unspecified atom stereocenters. The summed E-state index contributed by atoms with van der Waals surface area (Å²) in [6, 6.07) is 7.60. The summed E-state index contributed by atoms with van der Waals surface area (Å²) in [5.74, 6) is 0. The van der Waals surface area contributed by atoms with Gasteiger partial charge in [-0.05, 0) is 34.1 Å². The number of methoxy groups -OCH3 is 2. The Morgan fingerprint density at radius 2 is 2.24 bits per heavy atom. The molecule has 17 heavy (non-hydrogen) atoms. The highest BCUT2D eigenvalue weighted by Crippen LogP contribution is 2.20. The van der Waals surface area contributed by atoms with Crippen LogP contribution in [0.1, 0.15) is 5.56 Å². The lowest BCUT2D eigenvalue weighted by molar-refractivity contribution is 0.0365. The third-order valence-electron chi connectivity index (χ3n) is 2.31. The zero-order valence-electron chi connectivity index (χ0n) is 9.87. The molecule has 1 aromatic rings. The number of anilines is 1. The molecule has 0 aliphatic carbocycles. The quantitative estimate of drug-likeness (QED) is 0.876. The van der Waals surface area contributed by atoms with Gasteiger partial charge in [0.05, 0.1) is 18.3 Å². The molecule has 0 spiro atoms. The van der Waals surface area contributed by atoms with Gasteiger partial charge in [0, 0.05) is 30.9 Å². The maximum absolute atomic E-state index is 8.80. The van der Waals surface area contributed by atoms with Crippen LogP contribution in [0.3, 0.4) is 0 Å². The fourth-order valence-corrected chi connectivity index (χ4v) is 1.81. The van der Waals surface area contributed by atoms with E-state index < -0.39 is 0 Å². The van der Waals surface area contributed by atoms with Crippen molar-refractivity contribution in [3.63, 3.8) is 0 Å². The van der Waals surface area contributed by atoms with E-state index in [1.807, 2.05) is 12.1 Å². The molecule has 0 aliphatic heterocycles. The lowest BCUT2D eigenvalue weighted by atomic mass is 10.2. The normalized spacial score (nSPS) is 11.9. The van der Waals surface area contributed by atoms with Crippen LogP contribution in [0.5, 0.6) is 0 Å². The molecule has 1 aromatic carbocycles. The molecule has 1 N–H and O–H groups in total. The van der Waals surface area contributed by atoms with Crippen molar-refractivity contribution in [3.8, 4) is 6.07 Å². The molecule has 1 rings (SSSR count). The lowest BCUT2D eigenvalue weighted by Crippen LogP contribution is -2.26. The van der Waals surface area contributed by atoms with Crippen LogP contribution >= 0.6 is 15.9 Å². The van der Waals surface area contributed by atoms with Crippen molar-refractivity contribution in [2.24, 2.45) is 0 Å². The number of nitrogens with one attached hydrogen (secondary N) is 1. The summed E-state index contributed by atoms with van der Waals surface area (Å²) in [5, 5.41) is 12.0. The van der Waals surface area contributed by atoms with E-state index in [9.17, 15) is 0 Å². The summed E-state index contributed by atoms with van der Waals surface area (Å²) in [5.41, 5.74) is 1.56. The minimum Gasteiger partial charge on any atom is -0.382 e. The van der Waals surface area contributed by atoms with Crippen molar-refractivity contribution in [1.29, 1.82) is 5.26 Å². The predicted molar refractivity (Wildman–Crippen MR) is 70.0 cm³/mol. The third kappa shape index (κ3) is 4.35. The van der Waals surface area contributed by atoms with Crippen molar-refractivity contribution in [3.05, 3.63) is 28.2 Å². The van der Waals surface area contributed by atoms with Crippen LogP contribution in [0.25, 0.3) is 0 Å². The minimum absolute atomic E-state index is 0.00872. The van der Waals surface area contributed by atoms with Gasteiger partial charge < -0.3 is 14.8 Å². The van der Waals surface area contributed by atoms with E-state index in [0.29, 0.717) is 18.7 Å². The lowest BCUT2D eigenvalue weighted by Gasteiger charge is -2.16. The van der Waals surface area contributed by atoms with Crippen LogP contribution < -0.4 is 5.32 Å². The molecule has 0 amide bonds. The van der Waals surface area contributed by atoms with E-state index >= 15 is 0 Å². The van der Waals surface area contributed by atoms with Gasteiger partial charge in [0.25, 0.3) is 0 Å². The summed E-state index contributed by atoms with van der Waals surface area (Å²) < 4.78 is 11.0. The van der Waals surface area contributed by atoms with Crippen molar-refractivity contribution in [2.45, 2.75) is 6.10 Å². The smallest absolute Gasteiger partial charge is 0.100 e. The van der Waals surface area contributed by atoms with Crippen molar-refractivity contribution in [2.75, 3.05) is 32.7 Å². The Morgan fingerprint density at radius 1 is 1.47 bits per heavy atom. The summed E-state index contributed by atoms with van der Waals surface area (Å²) in [6.07, 6.45) is 0.00872. The predicted octanol–water partition coefficient (Wildman–Crippen LogP) is 2.39. The van der Waals surface area contributed by atoms with Crippen LogP contribution in [0.15, 0.2) is 22.7 Å². The third-order valence-corrected chi connectivity index (χ3v) is 2.97. The zero-order valence-corrected chi connectivity index (χ0v) is 11.5. The summed E-state index contributed by atoms with van der Waals surface area (Å²) in [7, 11) is 3.30. The average Bonchev–Trinajstić information content (AvgIpc) is 2.34. The molecule has 4 nitrogen and oxygen atoms in total. The molecule has 0 saturated heterocycles. The van der Waals surface area contributed by atoms with E-state index in [1.54, 1.807) is 20.3 Å². The zero-order chi connectivity index (χ0) is 12.7. The van der Waals surface area contributed by atoms with Gasteiger partial charge in [-0.2, -0.15) is 5.26 Å². The number of nitriles is 1. The molecule has 0 saturated carbocycles. The first-order chi connectivity index (χ1) is 8.21. The van der Waals surface area contributed by atoms with E-state index in [2.05, 4.69) is 27.3 Å². The topological polar surface area (TPSA) is 54.3 Å². The Balaban J connectivity index is 2.58.